The van der Waals surface area contributed by atoms with E-state index in [-0.39, 0.29) is 23.6 Å². The van der Waals surface area contributed by atoms with Crippen LogP contribution in [0.15, 0.2) is 24.3 Å². The number of methoxy groups -OCH3 is 1. The van der Waals surface area contributed by atoms with Crippen molar-refractivity contribution in [3.8, 4) is 5.75 Å². The molecule has 0 aliphatic carbocycles. The largest absolute Gasteiger partial charge is 0.497 e. The number of carbonyl (C=O) groups excluding carboxylic acids is 3. The lowest BCUT2D eigenvalue weighted by Crippen LogP contribution is -2.57. The highest BCUT2D eigenvalue weighted by Gasteiger charge is 2.32. The molecule has 1 saturated heterocycles. The van der Waals surface area contributed by atoms with Crippen LogP contribution in [0, 0.1) is 5.92 Å². The van der Waals surface area contributed by atoms with Gasteiger partial charge in [-0.1, -0.05) is 52.9 Å². The number of carbonyl (C=O) groups is 3. The van der Waals surface area contributed by atoms with E-state index >= 15 is 0 Å². The second-order valence-electron chi connectivity index (χ2n) is 8.94. The summed E-state index contributed by atoms with van der Waals surface area (Å²) in [6.07, 6.45) is 7.00. The van der Waals surface area contributed by atoms with Crippen molar-refractivity contribution in [2.24, 2.45) is 5.92 Å². The number of nitrogens with one attached hydrogen (secondary N) is 1. The lowest BCUT2D eigenvalue weighted by molar-refractivity contribution is -0.141. The van der Waals surface area contributed by atoms with E-state index in [4.69, 9.17) is 4.74 Å². The summed E-state index contributed by atoms with van der Waals surface area (Å²) < 4.78 is 5.15. The van der Waals surface area contributed by atoms with Crippen LogP contribution in [0.1, 0.15) is 76.1 Å². The lowest BCUT2D eigenvalue weighted by atomic mass is 9.97. The van der Waals surface area contributed by atoms with Crippen molar-refractivity contribution in [3.63, 3.8) is 0 Å². The number of hydrogen-bond acceptors (Lipinski definition) is 4. The molecule has 1 aromatic rings. The fourth-order valence-electron chi connectivity index (χ4n) is 4.06. The van der Waals surface area contributed by atoms with Crippen LogP contribution in [-0.4, -0.2) is 66.9 Å². The van der Waals surface area contributed by atoms with Gasteiger partial charge in [0.25, 0.3) is 5.91 Å². The Kier molecular flexibility index (Phi) is 11.2. The maximum Gasteiger partial charge on any atom is 0.251 e. The Morgan fingerprint density at radius 3 is 2.12 bits per heavy atom. The average Bonchev–Trinajstić information content (AvgIpc) is 2.86. The van der Waals surface area contributed by atoms with Crippen molar-refractivity contribution in [2.45, 2.75) is 71.8 Å². The van der Waals surface area contributed by atoms with Gasteiger partial charge in [-0.2, -0.15) is 0 Å². The molecule has 1 N–H and O–H groups in total. The van der Waals surface area contributed by atoms with Gasteiger partial charge < -0.3 is 19.9 Å². The Bertz CT molecular complexity index is 757. The minimum atomic E-state index is -0.592. The summed E-state index contributed by atoms with van der Waals surface area (Å²) in [6.45, 7) is 8.30. The van der Waals surface area contributed by atoms with E-state index in [0.717, 1.165) is 19.3 Å². The smallest absolute Gasteiger partial charge is 0.251 e. The average molecular weight is 460 g/mol. The third kappa shape index (κ3) is 8.06. The van der Waals surface area contributed by atoms with Crippen LogP contribution in [-0.2, 0) is 9.59 Å². The van der Waals surface area contributed by atoms with Gasteiger partial charge in [0.05, 0.1) is 7.11 Å². The van der Waals surface area contributed by atoms with Crippen molar-refractivity contribution in [2.75, 3.05) is 33.3 Å². The topological polar surface area (TPSA) is 79.0 Å². The van der Waals surface area contributed by atoms with E-state index in [1.54, 1.807) is 36.3 Å². The van der Waals surface area contributed by atoms with Gasteiger partial charge in [0.2, 0.25) is 11.8 Å². The van der Waals surface area contributed by atoms with Crippen LogP contribution < -0.4 is 10.1 Å². The van der Waals surface area contributed by atoms with Crippen LogP contribution in [0.4, 0.5) is 0 Å². The Morgan fingerprint density at radius 1 is 0.939 bits per heavy atom. The molecule has 7 nitrogen and oxygen atoms in total. The number of unbranched alkanes of at least 4 members (excludes halogenated alkanes) is 4. The van der Waals surface area contributed by atoms with Gasteiger partial charge in [0.15, 0.2) is 0 Å². The highest BCUT2D eigenvalue weighted by Crippen LogP contribution is 2.16. The van der Waals surface area contributed by atoms with Gasteiger partial charge in [-0.05, 0) is 36.6 Å². The summed E-state index contributed by atoms with van der Waals surface area (Å²) in [5.41, 5.74) is 0.492. The van der Waals surface area contributed by atoms with Crippen LogP contribution in [0.2, 0.25) is 0 Å². The molecule has 1 aliphatic rings. The minimum absolute atomic E-state index is 0.00230. The molecule has 1 fully saturated rings. The molecular weight excluding hydrogens is 418 g/mol. The first-order valence-electron chi connectivity index (χ1n) is 12.4. The van der Waals surface area contributed by atoms with Gasteiger partial charge in [0.1, 0.15) is 11.8 Å². The fraction of sp³-hybridized carbons (Fsp3) is 0.654. The second kappa shape index (κ2) is 13.9. The fourth-order valence-corrected chi connectivity index (χ4v) is 4.06. The van der Waals surface area contributed by atoms with Crippen molar-refractivity contribution < 1.29 is 19.1 Å². The van der Waals surface area contributed by atoms with E-state index in [1.165, 1.54) is 19.3 Å². The summed E-state index contributed by atoms with van der Waals surface area (Å²) in [4.78, 5) is 42.3. The molecule has 2 atom stereocenters. The first-order chi connectivity index (χ1) is 15.9. The molecular formula is C26H41N3O4. The first kappa shape index (κ1) is 26.7. The molecule has 7 heteroatoms. The molecule has 0 bridgehead atoms. The third-order valence-electron chi connectivity index (χ3n) is 6.56. The quantitative estimate of drug-likeness (QED) is 0.481. The SMILES string of the molecule is CCCCCCCC(=O)N1CCN(C(=O)[C@H](NC(=O)c2ccc(OC)cc2)[C@H](C)CC)CC1. The Balaban J connectivity index is 1.90. The number of ether oxygens (including phenoxy) is 1. The van der Waals surface area contributed by atoms with E-state index in [1.807, 2.05) is 18.7 Å². The van der Waals surface area contributed by atoms with Crippen molar-refractivity contribution in [1.29, 1.82) is 0 Å². The molecule has 33 heavy (non-hydrogen) atoms. The molecule has 184 valence electrons. The van der Waals surface area contributed by atoms with Gasteiger partial charge in [-0.3, -0.25) is 14.4 Å². The normalized spacial score (nSPS) is 15.6. The van der Waals surface area contributed by atoms with Gasteiger partial charge in [-0.15, -0.1) is 0 Å². The van der Waals surface area contributed by atoms with E-state index in [0.29, 0.717) is 43.9 Å². The number of amides is 3. The molecule has 0 unspecified atom stereocenters. The molecule has 1 heterocycles. The lowest BCUT2D eigenvalue weighted by Gasteiger charge is -2.37. The van der Waals surface area contributed by atoms with E-state index < -0.39 is 6.04 Å². The summed E-state index contributed by atoms with van der Waals surface area (Å²) in [5, 5.41) is 2.95. The minimum Gasteiger partial charge on any atom is -0.497 e. The summed E-state index contributed by atoms with van der Waals surface area (Å²) in [7, 11) is 1.58. The van der Waals surface area contributed by atoms with E-state index in [2.05, 4.69) is 12.2 Å². The van der Waals surface area contributed by atoms with E-state index in [9.17, 15) is 14.4 Å². The zero-order valence-corrected chi connectivity index (χ0v) is 20.8. The molecule has 0 spiro atoms. The Morgan fingerprint density at radius 2 is 1.55 bits per heavy atom. The molecule has 1 aromatic carbocycles. The number of piperazine rings is 1. The van der Waals surface area contributed by atoms with Crippen LogP contribution >= 0.6 is 0 Å². The molecule has 1 aliphatic heterocycles. The molecule has 0 aromatic heterocycles. The summed E-state index contributed by atoms with van der Waals surface area (Å²) >= 11 is 0. The van der Waals surface area contributed by atoms with Gasteiger partial charge >= 0.3 is 0 Å². The second-order valence-corrected chi connectivity index (χ2v) is 8.94. The number of benzene rings is 1. The maximum atomic E-state index is 13.3. The Hall–Kier alpha value is -2.57. The van der Waals surface area contributed by atoms with Gasteiger partial charge in [-0.25, -0.2) is 0 Å². The number of rotatable bonds is 12. The van der Waals surface area contributed by atoms with Crippen molar-refractivity contribution in [1.82, 2.24) is 15.1 Å². The van der Waals surface area contributed by atoms with Crippen molar-refractivity contribution >= 4 is 17.7 Å². The molecule has 3 amide bonds. The molecule has 0 saturated carbocycles. The number of hydrogen-bond donors (Lipinski definition) is 1. The highest BCUT2D eigenvalue weighted by molar-refractivity contribution is 5.97. The first-order valence-corrected chi connectivity index (χ1v) is 12.4. The highest BCUT2D eigenvalue weighted by atomic mass is 16.5. The predicted octanol–water partition coefficient (Wildman–Crippen LogP) is 3.87. The van der Waals surface area contributed by atoms with Gasteiger partial charge in [0, 0.05) is 38.2 Å². The van der Waals surface area contributed by atoms with Crippen LogP contribution in [0.3, 0.4) is 0 Å². The van der Waals surface area contributed by atoms with Crippen molar-refractivity contribution in [3.05, 3.63) is 29.8 Å². The summed E-state index contributed by atoms with van der Waals surface area (Å²) in [5.74, 6) is 0.521. The number of nitrogens with zero attached hydrogens (tertiary/aromatic N) is 2. The predicted molar refractivity (Wildman–Crippen MR) is 130 cm³/mol. The molecule has 0 radical (unpaired) electrons. The Labute approximate surface area is 198 Å². The standard InChI is InChI=1S/C26H41N3O4/c1-5-7-8-9-10-11-23(30)28-16-18-29(19-17-28)26(32)24(20(3)6-2)27-25(31)21-12-14-22(33-4)15-13-21/h12-15,20,24H,5-11,16-19H2,1-4H3,(H,27,31)/t20-,24-/m1/s1. The maximum absolute atomic E-state index is 13.3. The zero-order chi connectivity index (χ0) is 24.2. The van der Waals surface area contributed by atoms with Crippen LogP contribution in [0.25, 0.3) is 0 Å². The zero-order valence-electron chi connectivity index (χ0n) is 20.8. The third-order valence-corrected chi connectivity index (χ3v) is 6.56. The molecule has 2 rings (SSSR count). The summed E-state index contributed by atoms with van der Waals surface area (Å²) in [6, 6.07) is 6.26. The van der Waals surface area contributed by atoms with Crippen LogP contribution in [0.5, 0.6) is 5.75 Å². The monoisotopic (exact) mass is 459 g/mol.